The molecule has 0 aliphatic rings. The van der Waals surface area contributed by atoms with Crippen LogP contribution in [0.4, 0.5) is 0 Å². The van der Waals surface area contributed by atoms with Gasteiger partial charge in [0.1, 0.15) is 0 Å². The lowest BCUT2D eigenvalue weighted by Gasteiger charge is -2.03. The number of hydrogen-bond acceptors (Lipinski definition) is 4. The second-order valence-electron chi connectivity index (χ2n) is 2.53. The Labute approximate surface area is 76.4 Å². The molecule has 4 nitrogen and oxygen atoms in total. The standard InChI is InChI=1S/C8H10BNO3/c1-13-8(10)6-2-4-7(5-3-6)9(11)12/h2-5,10-12H,1H3. The van der Waals surface area contributed by atoms with Crippen molar-refractivity contribution in [2.24, 2.45) is 0 Å². The van der Waals surface area contributed by atoms with Crippen LogP contribution in [-0.2, 0) is 4.74 Å². The van der Waals surface area contributed by atoms with Gasteiger partial charge in [-0.1, -0.05) is 12.1 Å². The monoisotopic (exact) mass is 179 g/mol. The molecule has 13 heavy (non-hydrogen) atoms. The molecule has 1 aromatic rings. The van der Waals surface area contributed by atoms with Crippen LogP contribution in [-0.4, -0.2) is 30.2 Å². The maximum atomic E-state index is 8.78. The molecule has 0 aliphatic carbocycles. The molecule has 0 radical (unpaired) electrons. The van der Waals surface area contributed by atoms with Gasteiger partial charge in [-0.25, -0.2) is 0 Å². The Morgan fingerprint density at radius 2 is 1.85 bits per heavy atom. The SMILES string of the molecule is COC(=N)c1ccc(B(O)O)cc1. The normalized spacial score (nSPS) is 9.46. The van der Waals surface area contributed by atoms with Crippen LogP contribution in [0.2, 0.25) is 0 Å². The molecule has 0 unspecified atom stereocenters. The number of methoxy groups -OCH3 is 1. The number of ether oxygens (including phenoxy) is 1. The number of nitrogens with one attached hydrogen (secondary N) is 1. The van der Waals surface area contributed by atoms with Crippen molar-refractivity contribution in [3.05, 3.63) is 29.8 Å². The van der Waals surface area contributed by atoms with Crippen molar-refractivity contribution >= 4 is 18.5 Å². The van der Waals surface area contributed by atoms with Gasteiger partial charge in [0.05, 0.1) is 7.11 Å². The van der Waals surface area contributed by atoms with Gasteiger partial charge in [0, 0.05) is 5.56 Å². The third-order valence-electron chi connectivity index (χ3n) is 1.68. The predicted molar refractivity (Wildman–Crippen MR) is 50.1 cm³/mol. The highest BCUT2D eigenvalue weighted by Crippen LogP contribution is 1.98. The maximum absolute atomic E-state index is 8.78. The van der Waals surface area contributed by atoms with Crippen molar-refractivity contribution in [3.8, 4) is 0 Å². The van der Waals surface area contributed by atoms with Crippen LogP contribution in [0.1, 0.15) is 5.56 Å². The molecule has 0 aromatic heterocycles. The Morgan fingerprint density at radius 1 is 1.31 bits per heavy atom. The van der Waals surface area contributed by atoms with Gasteiger partial charge in [-0.3, -0.25) is 5.41 Å². The zero-order valence-corrected chi connectivity index (χ0v) is 7.19. The first-order valence-corrected chi connectivity index (χ1v) is 3.74. The highest BCUT2D eigenvalue weighted by atomic mass is 16.5. The van der Waals surface area contributed by atoms with E-state index < -0.39 is 7.12 Å². The van der Waals surface area contributed by atoms with E-state index in [-0.39, 0.29) is 5.90 Å². The lowest BCUT2D eigenvalue weighted by atomic mass is 9.80. The molecule has 1 aromatic carbocycles. The van der Waals surface area contributed by atoms with Gasteiger partial charge in [-0.15, -0.1) is 0 Å². The molecule has 0 saturated carbocycles. The molecule has 0 aliphatic heterocycles. The van der Waals surface area contributed by atoms with Gasteiger partial charge in [0.15, 0.2) is 0 Å². The third-order valence-corrected chi connectivity index (χ3v) is 1.68. The highest BCUT2D eigenvalue weighted by molar-refractivity contribution is 6.58. The summed E-state index contributed by atoms with van der Waals surface area (Å²) in [6.07, 6.45) is 0. The largest absolute Gasteiger partial charge is 0.488 e. The Hall–Kier alpha value is -1.33. The Kier molecular flexibility index (Phi) is 3.05. The Balaban J connectivity index is 2.87. The summed E-state index contributed by atoms with van der Waals surface area (Å²) >= 11 is 0. The van der Waals surface area contributed by atoms with Crippen LogP contribution in [0.5, 0.6) is 0 Å². The molecule has 0 fully saturated rings. The van der Waals surface area contributed by atoms with Crippen molar-refractivity contribution in [2.45, 2.75) is 0 Å². The maximum Gasteiger partial charge on any atom is 0.488 e. The van der Waals surface area contributed by atoms with Gasteiger partial charge in [-0.05, 0) is 17.6 Å². The van der Waals surface area contributed by atoms with Gasteiger partial charge >= 0.3 is 7.12 Å². The highest BCUT2D eigenvalue weighted by Gasteiger charge is 2.10. The van der Waals surface area contributed by atoms with E-state index in [0.29, 0.717) is 11.0 Å². The van der Waals surface area contributed by atoms with Crippen LogP contribution in [0.25, 0.3) is 0 Å². The van der Waals surface area contributed by atoms with Gasteiger partial charge in [0.25, 0.3) is 0 Å². The number of hydrogen-bond donors (Lipinski definition) is 3. The van der Waals surface area contributed by atoms with Crippen LogP contribution in [0.15, 0.2) is 24.3 Å². The zero-order chi connectivity index (χ0) is 9.84. The smallest absolute Gasteiger partial charge is 0.481 e. The van der Waals surface area contributed by atoms with Gasteiger partial charge < -0.3 is 14.8 Å². The van der Waals surface area contributed by atoms with Crippen molar-refractivity contribution in [1.29, 1.82) is 5.41 Å². The molecular weight excluding hydrogens is 169 g/mol. The molecule has 0 atom stereocenters. The zero-order valence-electron chi connectivity index (χ0n) is 7.19. The van der Waals surface area contributed by atoms with Crippen molar-refractivity contribution in [3.63, 3.8) is 0 Å². The number of rotatable bonds is 2. The summed E-state index contributed by atoms with van der Waals surface area (Å²) in [5.41, 5.74) is 1.000. The topological polar surface area (TPSA) is 73.5 Å². The first-order chi connectivity index (χ1) is 6.15. The van der Waals surface area contributed by atoms with Gasteiger partial charge in [-0.2, -0.15) is 0 Å². The quantitative estimate of drug-likeness (QED) is 0.320. The average molecular weight is 179 g/mol. The lowest BCUT2D eigenvalue weighted by Crippen LogP contribution is -2.29. The fourth-order valence-electron chi connectivity index (χ4n) is 0.924. The van der Waals surface area contributed by atoms with Gasteiger partial charge in [0.2, 0.25) is 5.90 Å². The van der Waals surface area contributed by atoms with E-state index in [1.807, 2.05) is 0 Å². The van der Waals surface area contributed by atoms with Crippen LogP contribution >= 0.6 is 0 Å². The summed E-state index contributed by atoms with van der Waals surface area (Å²) in [6.45, 7) is 0. The first-order valence-electron chi connectivity index (χ1n) is 3.74. The molecule has 0 bridgehead atoms. The molecular formula is C8H10BNO3. The minimum atomic E-state index is -1.47. The molecule has 0 spiro atoms. The third kappa shape index (κ3) is 2.30. The second-order valence-corrected chi connectivity index (χ2v) is 2.53. The minimum Gasteiger partial charge on any atom is -0.481 e. The molecule has 0 amide bonds. The van der Waals surface area contributed by atoms with Crippen LogP contribution in [0.3, 0.4) is 0 Å². The molecule has 0 heterocycles. The Bertz CT molecular complexity index is 297. The summed E-state index contributed by atoms with van der Waals surface area (Å²) in [5, 5.41) is 24.9. The summed E-state index contributed by atoms with van der Waals surface area (Å²) in [4.78, 5) is 0. The van der Waals surface area contributed by atoms with Crippen molar-refractivity contribution in [2.75, 3.05) is 7.11 Å². The summed E-state index contributed by atoms with van der Waals surface area (Å²) in [6, 6.07) is 6.27. The van der Waals surface area contributed by atoms with E-state index in [1.54, 1.807) is 12.1 Å². The molecule has 0 saturated heterocycles. The predicted octanol–water partition coefficient (Wildman–Crippen LogP) is -0.662. The molecule has 5 heteroatoms. The minimum absolute atomic E-state index is 0.0546. The second kappa shape index (κ2) is 4.07. The Morgan fingerprint density at radius 3 is 2.23 bits per heavy atom. The van der Waals surface area contributed by atoms with Crippen LogP contribution in [0, 0.1) is 5.41 Å². The van der Waals surface area contributed by atoms with E-state index in [2.05, 4.69) is 0 Å². The molecule has 1 rings (SSSR count). The van der Waals surface area contributed by atoms with E-state index in [9.17, 15) is 0 Å². The summed E-state index contributed by atoms with van der Waals surface area (Å²) in [7, 11) is -0.0530. The van der Waals surface area contributed by atoms with E-state index in [1.165, 1.54) is 19.2 Å². The lowest BCUT2D eigenvalue weighted by molar-refractivity contribution is 0.401. The van der Waals surface area contributed by atoms with Crippen LogP contribution < -0.4 is 5.46 Å². The number of benzene rings is 1. The average Bonchev–Trinajstić information content (AvgIpc) is 2.17. The fraction of sp³-hybridized carbons (Fsp3) is 0.125. The first kappa shape index (κ1) is 9.76. The van der Waals surface area contributed by atoms with E-state index in [0.717, 1.165) is 0 Å². The van der Waals surface area contributed by atoms with Crippen molar-refractivity contribution < 1.29 is 14.8 Å². The van der Waals surface area contributed by atoms with E-state index >= 15 is 0 Å². The summed E-state index contributed by atoms with van der Waals surface area (Å²) in [5.74, 6) is 0.0546. The fourth-order valence-corrected chi connectivity index (χ4v) is 0.924. The molecule has 68 valence electrons. The molecule has 3 N–H and O–H groups in total. The van der Waals surface area contributed by atoms with E-state index in [4.69, 9.17) is 20.2 Å². The van der Waals surface area contributed by atoms with Crippen molar-refractivity contribution in [1.82, 2.24) is 0 Å². The summed E-state index contributed by atoms with van der Waals surface area (Å²) < 4.78 is 4.69.